The Balaban J connectivity index is 1.29. The first kappa shape index (κ1) is 20.2. The summed E-state index contributed by atoms with van der Waals surface area (Å²) in [7, 11) is 0. The Morgan fingerprint density at radius 1 is 1.07 bits per heavy atom. The molecule has 2 N–H and O–H groups in total. The van der Waals surface area contributed by atoms with Crippen LogP contribution in [0.25, 0.3) is 11.3 Å². The van der Waals surface area contributed by atoms with E-state index in [-0.39, 0.29) is 18.2 Å². The highest BCUT2D eigenvalue weighted by Gasteiger charge is 2.20. The average molecular weight is 430 g/mol. The fraction of sp³-hybridized carbons (Fsp3) is 0.238. The molecule has 0 atom stereocenters. The molecule has 3 aromatic rings. The number of nitrogens with zero attached hydrogens (tertiary/aromatic N) is 3. The van der Waals surface area contributed by atoms with Crippen LogP contribution in [0.5, 0.6) is 5.75 Å². The third-order valence-corrected chi connectivity index (χ3v) is 5.68. The van der Waals surface area contributed by atoms with Gasteiger partial charge in [0.25, 0.3) is 0 Å². The molecule has 1 aliphatic rings. The number of halogens is 2. The van der Waals surface area contributed by atoms with Crippen LogP contribution in [0.1, 0.15) is 0 Å². The number of amides is 1. The lowest BCUT2D eigenvalue weighted by atomic mass is 10.2. The number of benzene rings is 2. The Hall–Kier alpha value is -3.04. The van der Waals surface area contributed by atoms with Crippen molar-refractivity contribution < 1.29 is 18.7 Å². The van der Waals surface area contributed by atoms with Crippen molar-refractivity contribution in [1.29, 1.82) is 0 Å². The average Bonchev–Trinajstić information content (AvgIpc) is 3.19. The van der Waals surface area contributed by atoms with Crippen LogP contribution in [0.3, 0.4) is 0 Å². The molecule has 156 valence electrons. The number of aromatic nitrogens is 1. The molecule has 2 heterocycles. The number of piperazine rings is 1. The van der Waals surface area contributed by atoms with Crippen molar-refractivity contribution in [3.05, 3.63) is 59.5 Å². The molecule has 0 saturated carbocycles. The van der Waals surface area contributed by atoms with Crippen molar-refractivity contribution >= 4 is 28.1 Å². The maximum absolute atomic E-state index is 13.4. The number of hydrogen-bond donors (Lipinski definition) is 2. The van der Waals surface area contributed by atoms with Gasteiger partial charge in [0.1, 0.15) is 5.75 Å². The number of nitrogens with one attached hydrogen (secondary N) is 1. The molecule has 30 heavy (non-hydrogen) atoms. The summed E-state index contributed by atoms with van der Waals surface area (Å²) in [5.41, 5.74) is 1.98. The van der Waals surface area contributed by atoms with Crippen LogP contribution in [0.2, 0.25) is 0 Å². The topological polar surface area (TPSA) is 68.7 Å². The van der Waals surface area contributed by atoms with Gasteiger partial charge in [-0.05, 0) is 42.5 Å². The number of anilines is 2. The zero-order valence-electron chi connectivity index (χ0n) is 16.0. The van der Waals surface area contributed by atoms with Crippen molar-refractivity contribution in [2.24, 2.45) is 0 Å². The molecule has 0 radical (unpaired) electrons. The van der Waals surface area contributed by atoms with E-state index in [1.807, 2.05) is 12.1 Å². The number of carbonyl (C=O) groups is 1. The highest BCUT2D eigenvalue weighted by Crippen LogP contribution is 2.26. The summed E-state index contributed by atoms with van der Waals surface area (Å²) in [6.45, 7) is 3.31. The Kier molecular flexibility index (Phi) is 5.91. The van der Waals surface area contributed by atoms with E-state index in [4.69, 9.17) is 0 Å². The summed E-state index contributed by atoms with van der Waals surface area (Å²) in [6.07, 6.45) is 0. The van der Waals surface area contributed by atoms with Gasteiger partial charge in [-0.15, -0.1) is 11.3 Å². The molecule has 4 rings (SSSR count). The van der Waals surface area contributed by atoms with Crippen molar-refractivity contribution in [3.63, 3.8) is 0 Å². The summed E-state index contributed by atoms with van der Waals surface area (Å²) in [4.78, 5) is 20.9. The zero-order valence-corrected chi connectivity index (χ0v) is 16.8. The Bertz CT molecular complexity index is 1030. The molecule has 1 fully saturated rings. The lowest BCUT2D eigenvalue weighted by Gasteiger charge is -2.35. The Labute approximate surface area is 176 Å². The van der Waals surface area contributed by atoms with Crippen LogP contribution in [-0.4, -0.2) is 53.6 Å². The minimum atomic E-state index is -0.933. The van der Waals surface area contributed by atoms with Crippen LogP contribution >= 0.6 is 11.3 Å². The van der Waals surface area contributed by atoms with Crippen LogP contribution in [0.15, 0.2) is 47.8 Å². The number of carbonyl (C=O) groups excluding carboxylic acids is 1. The fourth-order valence-corrected chi connectivity index (χ4v) is 4.04. The lowest BCUT2D eigenvalue weighted by Crippen LogP contribution is -2.48. The van der Waals surface area contributed by atoms with E-state index in [1.165, 1.54) is 17.4 Å². The zero-order chi connectivity index (χ0) is 21.1. The van der Waals surface area contributed by atoms with Gasteiger partial charge in [-0.1, -0.05) is 0 Å². The number of phenolic OH excluding ortho intramolecular Hbond substituents is 1. The Morgan fingerprint density at radius 2 is 1.80 bits per heavy atom. The second-order valence-electron chi connectivity index (χ2n) is 6.99. The standard InChI is InChI=1S/C21H20F2N4O2S/c22-17-6-1-14(11-18(17)23)19-13-30-21(24-19)25-20(29)12-26-7-9-27(10-8-26)15-2-4-16(28)5-3-15/h1-6,11,13,28H,7-10,12H2,(H,24,25,29). The third-order valence-electron chi connectivity index (χ3n) is 4.92. The van der Waals surface area contributed by atoms with E-state index in [0.717, 1.165) is 44.0 Å². The van der Waals surface area contributed by atoms with Crippen molar-refractivity contribution in [2.75, 3.05) is 42.9 Å². The van der Waals surface area contributed by atoms with Crippen molar-refractivity contribution in [2.45, 2.75) is 0 Å². The van der Waals surface area contributed by atoms with Gasteiger partial charge in [0, 0.05) is 42.8 Å². The van der Waals surface area contributed by atoms with Crippen LogP contribution in [0.4, 0.5) is 19.6 Å². The summed E-state index contributed by atoms with van der Waals surface area (Å²) >= 11 is 1.24. The molecule has 0 bridgehead atoms. The Morgan fingerprint density at radius 3 is 2.50 bits per heavy atom. The molecule has 9 heteroatoms. The predicted octanol–water partition coefficient (Wildman–Crippen LogP) is 3.55. The van der Waals surface area contributed by atoms with Crippen LogP contribution in [0, 0.1) is 11.6 Å². The van der Waals surface area contributed by atoms with E-state index >= 15 is 0 Å². The molecule has 1 saturated heterocycles. The predicted molar refractivity (Wildman–Crippen MR) is 113 cm³/mol. The van der Waals surface area contributed by atoms with E-state index in [1.54, 1.807) is 17.5 Å². The van der Waals surface area contributed by atoms with Crippen molar-refractivity contribution in [3.8, 4) is 17.0 Å². The van der Waals surface area contributed by atoms with E-state index in [0.29, 0.717) is 16.4 Å². The van der Waals surface area contributed by atoms with Crippen molar-refractivity contribution in [1.82, 2.24) is 9.88 Å². The molecule has 1 aromatic heterocycles. The molecule has 6 nitrogen and oxygen atoms in total. The third kappa shape index (κ3) is 4.74. The quantitative estimate of drug-likeness (QED) is 0.648. The molecule has 0 spiro atoms. The molecule has 0 aliphatic carbocycles. The summed E-state index contributed by atoms with van der Waals surface area (Å²) in [5, 5.41) is 14.3. The number of hydrogen-bond acceptors (Lipinski definition) is 6. The fourth-order valence-electron chi connectivity index (χ4n) is 3.31. The maximum Gasteiger partial charge on any atom is 0.240 e. The number of aromatic hydroxyl groups is 1. The number of rotatable bonds is 5. The highest BCUT2D eigenvalue weighted by atomic mass is 32.1. The first-order valence-electron chi connectivity index (χ1n) is 9.45. The maximum atomic E-state index is 13.4. The van der Waals surface area contributed by atoms with Gasteiger partial charge in [0.15, 0.2) is 16.8 Å². The van der Waals surface area contributed by atoms with Gasteiger partial charge in [0.05, 0.1) is 12.2 Å². The lowest BCUT2D eigenvalue weighted by molar-refractivity contribution is -0.117. The smallest absolute Gasteiger partial charge is 0.240 e. The molecular formula is C21H20F2N4O2S. The second kappa shape index (κ2) is 8.76. The molecule has 0 unspecified atom stereocenters. The van der Waals surface area contributed by atoms with Gasteiger partial charge < -0.3 is 15.3 Å². The molecule has 1 amide bonds. The molecule has 2 aromatic carbocycles. The van der Waals surface area contributed by atoms with Gasteiger partial charge in [0.2, 0.25) is 5.91 Å². The van der Waals surface area contributed by atoms with Gasteiger partial charge in [-0.25, -0.2) is 13.8 Å². The van der Waals surface area contributed by atoms with Gasteiger partial charge in [-0.2, -0.15) is 0 Å². The SMILES string of the molecule is O=C(CN1CCN(c2ccc(O)cc2)CC1)Nc1nc(-c2ccc(F)c(F)c2)cs1. The molecular weight excluding hydrogens is 410 g/mol. The summed E-state index contributed by atoms with van der Waals surface area (Å²) < 4.78 is 26.5. The minimum absolute atomic E-state index is 0.167. The monoisotopic (exact) mass is 430 g/mol. The summed E-state index contributed by atoms with van der Waals surface area (Å²) in [5.74, 6) is -1.77. The van der Waals surface area contributed by atoms with Crippen LogP contribution < -0.4 is 10.2 Å². The normalized spacial score (nSPS) is 14.7. The van der Waals surface area contributed by atoms with E-state index in [9.17, 15) is 18.7 Å². The number of thiazole rings is 1. The highest BCUT2D eigenvalue weighted by molar-refractivity contribution is 7.14. The largest absolute Gasteiger partial charge is 0.508 e. The van der Waals surface area contributed by atoms with Gasteiger partial charge in [-0.3, -0.25) is 9.69 Å². The minimum Gasteiger partial charge on any atom is -0.508 e. The molecule has 1 aliphatic heterocycles. The summed E-state index contributed by atoms with van der Waals surface area (Å²) in [6, 6.07) is 10.7. The first-order chi connectivity index (χ1) is 14.5. The van der Waals surface area contributed by atoms with E-state index < -0.39 is 11.6 Å². The van der Waals surface area contributed by atoms with Gasteiger partial charge >= 0.3 is 0 Å². The van der Waals surface area contributed by atoms with Crippen LogP contribution in [-0.2, 0) is 4.79 Å². The van der Waals surface area contributed by atoms with E-state index in [2.05, 4.69) is 20.1 Å². The number of phenols is 1. The second-order valence-corrected chi connectivity index (χ2v) is 7.85. The first-order valence-corrected chi connectivity index (χ1v) is 10.3.